The number of carbonyl (C=O) groups is 1. The van der Waals surface area contributed by atoms with E-state index in [1.165, 1.54) is 13.2 Å². The van der Waals surface area contributed by atoms with Gasteiger partial charge in [0.05, 0.1) is 23.8 Å². The first kappa shape index (κ1) is 19.6. The molecular weight excluding hydrogens is 407 g/mol. The summed E-state index contributed by atoms with van der Waals surface area (Å²) in [5, 5.41) is 17.1. The maximum atomic E-state index is 13.5. The van der Waals surface area contributed by atoms with Crippen LogP contribution in [-0.4, -0.2) is 32.5 Å². The van der Waals surface area contributed by atoms with E-state index < -0.39 is 22.7 Å². The molecule has 30 heavy (non-hydrogen) atoms. The summed E-state index contributed by atoms with van der Waals surface area (Å²) in [6.45, 7) is 0. The predicted molar refractivity (Wildman–Crippen MR) is 97.6 cm³/mol. The van der Waals surface area contributed by atoms with E-state index in [1.54, 1.807) is 0 Å². The molecule has 1 fully saturated rings. The van der Waals surface area contributed by atoms with Crippen molar-refractivity contribution in [3.8, 4) is 5.75 Å². The lowest BCUT2D eigenvalue weighted by atomic mass is 10.2. The van der Waals surface area contributed by atoms with Gasteiger partial charge < -0.3 is 10.1 Å². The molecular formula is C18H14F3N5O4. The lowest BCUT2D eigenvalue weighted by Crippen LogP contribution is -2.16. The molecule has 0 spiro atoms. The number of benzene rings is 1. The zero-order valence-corrected chi connectivity index (χ0v) is 15.4. The molecule has 0 unspecified atom stereocenters. The number of hydrogen-bond donors (Lipinski definition) is 1. The molecule has 1 aromatic carbocycles. The second kappa shape index (κ2) is 6.97. The van der Waals surface area contributed by atoms with E-state index >= 15 is 0 Å². The third kappa shape index (κ3) is 3.63. The summed E-state index contributed by atoms with van der Waals surface area (Å²) in [5.41, 5.74) is -1.22. The summed E-state index contributed by atoms with van der Waals surface area (Å²) in [6, 6.07) is 5.65. The van der Waals surface area contributed by atoms with Crippen LogP contribution in [0.2, 0.25) is 0 Å². The van der Waals surface area contributed by atoms with E-state index in [4.69, 9.17) is 4.74 Å². The van der Waals surface area contributed by atoms with Crippen molar-refractivity contribution in [3.63, 3.8) is 0 Å². The summed E-state index contributed by atoms with van der Waals surface area (Å²) in [6.07, 6.45) is -3.14. The SMILES string of the molecule is COc1cc([N+](=O)[O-])ccc1NC(=O)c1cc2nc(C3CC3)cc(C(F)(F)F)n2n1. The molecule has 0 radical (unpaired) electrons. The molecule has 9 nitrogen and oxygen atoms in total. The zero-order chi connectivity index (χ0) is 21.6. The van der Waals surface area contributed by atoms with E-state index in [0.717, 1.165) is 37.1 Å². The molecule has 156 valence electrons. The van der Waals surface area contributed by atoms with Crippen LogP contribution < -0.4 is 10.1 Å². The van der Waals surface area contributed by atoms with Crippen molar-refractivity contribution in [2.24, 2.45) is 0 Å². The third-order valence-electron chi connectivity index (χ3n) is 4.61. The molecule has 1 saturated carbocycles. The van der Waals surface area contributed by atoms with Gasteiger partial charge in [-0.05, 0) is 25.0 Å². The minimum Gasteiger partial charge on any atom is -0.494 e. The molecule has 1 N–H and O–H groups in total. The van der Waals surface area contributed by atoms with Crippen molar-refractivity contribution in [1.29, 1.82) is 0 Å². The number of alkyl halides is 3. The van der Waals surface area contributed by atoms with Crippen molar-refractivity contribution in [2.75, 3.05) is 12.4 Å². The molecule has 1 aliphatic carbocycles. The number of amides is 1. The lowest BCUT2D eigenvalue weighted by molar-refractivity contribution is -0.384. The van der Waals surface area contributed by atoms with Gasteiger partial charge in [0.1, 0.15) is 11.4 Å². The molecule has 4 rings (SSSR count). The Morgan fingerprint density at radius 2 is 2.03 bits per heavy atom. The minimum atomic E-state index is -4.67. The van der Waals surface area contributed by atoms with Gasteiger partial charge in [-0.15, -0.1) is 0 Å². The number of nitro groups is 1. The average Bonchev–Trinajstić information content (AvgIpc) is 3.45. The minimum absolute atomic E-state index is 0.0199. The quantitative estimate of drug-likeness (QED) is 0.496. The highest BCUT2D eigenvalue weighted by Gasteiger charge is 2.37. The summed E-state index contributed by atoms with van der Waals surface area (Å²) >= 11 is 0. The van der Waals surface area contributed by atoms with Crippen molar-refractivity contribution < 1.29 is 27.6 Å². The number of rotatable bonds is 5. The van der Waals surface area contributed by atoms with Gasteiger partial charge >= 0.3 is 6.18 Å². The number of fused-ring (bicyclic) bond motifs is 1. The van der Waals surface area contributed by atoms with Crippen molar-refractivity contribution in [1.82, 2.24) is 14.6 Å². The highest BCUT2D eigenvalue weighted by atomic mass is 19.4. The topological polar surface area (TPSA) is 112 Å². The highest BCUT2D eigenvalue weighted by Crippen LogP contribution is 2.41. The number of anilines is 1. The maximum absolute atomic E-state index is 13.5. The second-order valence-corrected chi connectivity index (χ2v) is 6.73. The zero-order valence-electron chi connectivity index (χ0n) is 15.4. The van der Waals surface area contributed by atoms with Gasteiger partial charge in [0.25, 0.3) is 11.6 Å². The van der Waals surface area contributed by atoms with E-state index in [2.05, 4.69) is 15.4 Å². The molecule has 3 aromatic rings. The third-order valence-corrected chi connectivity index (χ3v) is 4.61. The van der Waals surface area contributed by atoms with Crippen LogP contribution in [0.25, 0.3) is 5.65 Å². The molecule has 2 heterocycles. The first-order valence-electron chi connectivity index (χ1n) is 8.79. The molecule has 0 saturated heterocycles. The predicted octanol–water partition coefficient (Wildman–Crippen LogP) is 3.79. The first-order valence-corrected chi connectivity index (χ1v) is 8.79. The Hall–Kier alpha value is -3.70. The van der Waals surface area contributed by atoms with Crippen LogP contribution in [-0.2, 0) is 6.18 Å². The van der Waals surface area contributed by atoms with Gasteiger partial charge in [0.15, 0.2) is 11.3 Å². The Kier molecular flexibility index (Phi) is 4.56. The van der Waals surface area contributed by atoms with E-state index in [9.17, 15) is 28.1 Å². The number of non-ortho nitro benzene ring substituents is 1. The number of nitro benzene ring substituents is 1. The van der Waals surface area contributed by atoms with Crippen LogP contribution in [0, 0.1) is 10.1 Å². The molecule has 1 amide bonds. The number of carbonyl (C=O) groups excluding carboxylic acids is 1. The van der Waals surface area contributed by atoms with Crippen LogP contribution in [0.5, 0.6) is 5.75 Å². The molecule has 0 bridgehead atoms. The van der Waals surface area contributed by atoms with Gasteiger partial charge in [-0.3, -0.25) is 14.9 Å². The van der Waals surface area contributed by atoms with E-state index in [0.29, 0.717) is 10.2 Å². The second-order valence-electron chi connectivity index (χ2n) is 6.73. The van der Waals surface area contributed by atoms with Gasteiger partial charge in [0, 0.05) is 23.7 Å². The standard InChI is InChI=1S/C18H14F3N5O4/c1-30-14-6-10(26(28)29)4-5-11(14)23-17(27)13-8-16-22-12(9-2-3-9)7-15(18(19,20)21)25(16)24-13/h4-9H,2-3H2,1H3,(H,23,27). The Morgan fingerprint density at radius 3 is 2.63 bits per heavy atom. The molecule has 1 aliphatic rings. The highest BCUT2D eigenvalue weighted by molar-refractivity contribution is 6.04. The number of ether oxygens (including phenoxy) is 1. The average molecular weight is 421 g/mol. The monoisotopic (exact) mass is 421 g/mol. The number of halogens is 3. The number of aromatic nitrogens is 3. The van der Waals surface area contributed by atoms with Gasteiger partial charge in [-0.2, -0.15) is 18.3 Å². The number of nitrogens with one attached hydrogen (secondary N) is 1. The molecule has 12 heteroatoms. The normalized spacial score (nSPS) is 14.0. The van der Waals surface area contributed by atoms with Crippen LogP contribution >= 0.6 is 0 Å². The van der Waals surface area contributed by atoms with Crippen molar-refractivity contribution in [3.05, 3.63) is 57.5 Å². The Balaban J connectivity index is 1.70. The summed E-state index contributed by atoms with van der Waals surface area (Å²) in [7, 11) is 1.26. The smallest absolute Gasteiger partial charge is 0.433 e. The van der Waals surface area contributed by atoms with Crippen molar-refractivity contribution in [2.45, 2.75) is 24.9 Å². The Labute approximate surface area is 166 Å². The lowest BCUT2D eigenvalue weighted by Gasteiger charge is -2.10. The van der Waals surface area contributed by atoms with Crippen molar-refractivity contribution >= 4 is 22.9 Å². The molecule has 2 aromatic heterocycles. The van der Waals surface area contributed by atoms with Crippen LogP contribution in [0.3, 0.4) is 0 Å². The van der Waals surface area contributed by atoms with Crippen LogP contribution in [0.1, 0.15) is 40.6 Å². The number of nitrogens with zero attached hydrogens (tertiary/aromatic N) is 4. The Morgan fingerprint density at radius 1 is 1.30 bits per heavy atom. The number of methoxy groups -OCH3 is 1. The first-order chi connectivity index (χ1) is 14.2. The fraction of sp³-hybridized carbons (Fsp3) is 0.278. The Bertz CT molecular complexity index is 1170. The fourth-order valence-electron chi connectivity index (χ4n) is 2.98. The summed E-state index contributed by atoms with van der Waals surface area (Å²) < 4.78 is 46.1. The largest absolute Gasteiger partial charge is 0.494 e. The molecule has 0 atom stereocenters. The van der Waals surface area contributed by atoms with E-state index in [1.807, 2.05) is 0 Å². The van der Waals surface area contributed by atoms with Gasteiger partial charge in [-0.1, -0.05) is 0 Å². The van der Waals surface area contributed by atoms with Gasteiger partial charge in [0.2, 0.25) is 0 Å². The van der Waals surface area contributed by atoms with Gasteiger partial charge in [-0.25, -0.2) is 9.50 Å². The fourth-order valence-corrected chi connectivity index (χ4v) is 2.98. The van der Waals surface area contributed by atoms with Crippen LogP contribution in [0.4, 0.5) is 24.5 Å². The van der Waals surface area contributed by atoms with Crippen LogP contribution in [0.15, 0.2) is 30.3 Å². The molecule has 0 aliphatic heterocycles. The summed E-state index contributed by atoms with van der Waals surface area (Å²) in [5.74, 6) is -0.812. The maximum Gasteiger partial charge on any atom is 0.433 e. The summed E-state index contributed by atoms with van der Waals surface area (Å²) in [4.78, 5) is 27.0. The number of hydrogen-bond acceptors (Lipinski definition) is 6. The van der Waals surface area contributed by atoms with E-state index in [-0.39, 0.29) is 34.4 Å².